The summed E-state index contributed by atoms with van der Waals surface area (Å²) in [6.07, 6.45) is -1.55. The number of ether oxygens (including phenoxy) is 2. The second kappa shape index (κ2) is 14.6. The molecule has 0 spiro atoms. The highest BCUT2D eigenvalue weighted by atomic mass is 32.2. The summed E-state index contributed by atoms with van der Waals surface area (Å²) in [5.74, 6) is -0.637. The van der Waals surface area contributed by atoms with Crippen molar-refractivity contribution in [3.05, 3.63) is 84.3 Å². The van der Waals surface area contributed by atoms with Crippen LogP contribution in [0.1, 0.15) is 25.8 Å². The van der Waals surface area contributed by atoms with Gasteiger partial charge in [-0.15, -0.1) is 0 Å². The molecule has 1 saturated heterocycles. The van der Waals surface area contributed by atoms with Gasteiger partial charge in [-0.2, -0.15) is 4.31 Å². The number of aromatic nitrogens is 1. The first-order valence-corrected chi connectivity index (χ1v) is 15.7. The van der Waals surface area contributed by atoms with E-state index < -0.39 is 46.1 Å². The summed E-state index contributed by atoms with van der Waals surface area (Å²) < 4.78 is 52.5. The van der Waals surface area contributed by atoms with Gasteiger partial charge in [-0.3, -0.25) is 9.69 Å². The Kier molecular flexibility index (Phi) is 10.9. The van der Waals surface area contributed by atoms with Crippen molar-refractivity contribution in [3.8, 4) is 5.75 Å². The smallest absolute Gasteiger partial charge is 0.416 e. The summed E-state index contributed by atoms with van der Waals surface area (Å²) in [5, 5.41) is 14.3. The van der Waals surface area contributed by atoms with Gasteiger partial charge in [-0.25, -0.2) is 22.6 Å². The zero-order valence-corrected chi connectivity index (χ0v) is 25.6. The van der Waals surface area contributed by atoms with Gasteiger partial charge in [0.1, 0.15) is 17.4 Å². The Morgan fingerprint density at radius 3 is 2.48 bits per heavy atom. The number of amides is 2. The predicted octanol–water partition coefficient (Wildman–Crippen LogP) is 3.38. The van der Waals surface area contributed by atoms with Crippen molar-refractivity contribution in [1.82, 2.24) is 14.6 Å². The molecular formula is C31H37FN4O7S. The average molecular weight is 629 g/mol. The third-order valence-electron chi connectivity index (χ3n) is 7.48. The molecular weight excluding hydrogens is 591 g/mol. The Bertz CT molecular complexity index is 1510. The van der Waals surface area contributed by atoms with Gasteiger partial charge in [-0.1, -0.05) is 50.6 Å². The van der Waals surface area contributed by atoms with Crippen LogP contribution in [0.25, 0.3) is 0 Å². The number of carbonyl (C=O) groups excluding carboxylic acids is 2. The molecule has 0 bridgehead atoms. The van der Waals surface area contributed by atoms with E-state index in [4.69, 9.17) is 9.47 Å². The summed E-state index contributed by atoms with van der Waals surface area (Å²) >= 11 is 0. The van der Waals surface area contributed by atoms with Crippen LogP contribution in [0, 0.1) is 11.7 Å². The second-order valence-electron chi connectivity index (χ2n) is 10.7. The van der Waals surface area contributed by atoms with Crippen LogP contribution in [0.2, 0.25) is 0 Å². The lowest BCUT2D eigenvalue weighted by molar-refractivity contribution is -0.129. The van der Waals surface area contributed by atoms with Gasteiger partial charge in [0.15, 0.2) is 6.10 Å². The lowest BCUT2D eigenvalue weighted by Crippen LogP contribution is -2.53. The molecule has 2 N–H and O–H groups in total. The molecule has 4 unspecified atom stereocenters. The number of anilines is 1. The van der Waals surface area contributed by atoms with Crippen molar-refractivity contribution < 1.29 is 37.0 Å². The quantitative estimate of drug-likeness (QED) is 0.277. The zero-order valence-electron chi connectivity index (χ0n) is 24.8. The van der Waals surface area contributed by atoms with Gasteiger partial charge in [0.05, 0.1) is 36.9 Å². The number of methoxy groups -OCH3 is 1. The summed E-state index contributed by atoms with van der Waals surface area (Å²) in [5.41, 5.74) is 0.795. The van der Waals surface area contributed by atoms with Crippen molar-refractivity contribution >= 4 is 27.8 Å². The number of halogens is 1. The maximum Gasteiger partial charge on any atom is 0.416 e. The van der Waals surface area contributed by atoms with E-state index in [9.17, 15) is 27.5 Å². The van der Waals surface area contributed by atoms with Crippen molar-refractivity contribution in [2.45, 2.75) is 49.8 Å². The van der Waals surface area contributed by atoms with E-state index in [0.717, 1.165) is 22.7 Å². The lowest BCUT2D eigenvalue weighted by Gasteiger charge is -2.31. The number of aliphatic hydroxyl groups excluding tert-OH is 1. The number of hydrogen-bond donors (Lipinski definition) is 2. The van der Waals surface area contributed by atoms with Crippen LogP contribution in [-0.4, -0.2) is 79.8 Å². The maximum absolute atomic E-state index is 13.8. The van der Waals surface area contributed by atoms with Crippen LogP contribution in [-0.2, 0) is 26.0 Å². The lowest BCUT2D eigenvalue weighted by atomic mass is 10.0. The van der Waals surface area contributed by atoms with Crippen molar-refractivity contribution in [3.63, 3.8) is 0 Å². The van der Waals surface area contributed by atoms with E-state index in [2.05, 4.69) is 10.3 Å². The topological polar surface area (TPSA) is 138 Å². The second-order valence-corrected chi connectivity index (χ2v) is 12.6. The Balaban J connectivity index is 1.55. The van der Waals surface area contributed by atoms with E-state index in [-0.39, 0.29) is 42.7 Å². The number of aliphatic hydroxyl groups is 1. The fourth-order valence-electron chi connectivity index (χ4n) is 4.72. The molecule has 0 saturated carbocycles. The van der Waals surface area contributed by atoms with E-state index in [1.54, 1.807) is 12.1 Å². The molecule has 44 heavy (non-hydrogen) atoms. The molecule has 1 aliphatic rings. The Morgan fingerprint density at radius 2 is 1.86 bits per heavy atom. The fraction of sp³-hybridized carbons (Fsp3) is 0.387. The molecule has 4 rings (SSSR count). The third-order valence-corrected chi connectivity index (χ3v) is 9.33. The van der Waals surface area contributed by atoms with E-state index >= 15 is 0 Å². The number of benzene rings is 2. The molecule has 2 heterocycles. The normalized spacial score (nSPS) is 17.2. The van der Waals surface area contributed by atoms with Gasteiger partial charge in [0.25, 0.3) is 5.91 Å². The highest BCUT2D eigenvalue weighted by Crippen LogP contribution is 2.23. The first-order chi connectivity index (χ1) is 21.0. The van der Waals surface area contributed by atoms with E-state index in [1.165, 1.54) is 29.6 Å². The molecule has 4 atom stereocenters. The number of sulfonamides is 1. The number of pyridine rings is 1. The zero-order chi connectivity index (χ0) is 31.9. The molecule has 0 aliphatic carbocycles. The molecule has 236 valence electrons. The van der Waals surface area contributed by atoms with Gasteiger partial charge < -0.3 is 19.9 Å². The fourth-order valence-corrected chi connectivity index (χ4v) is 6.30. The molecule has 11 nitrogen and oxygen atoms in total. The monoisotopic (exact) mass is 628 g/mol. The minimum Gasteiger partial charge on any atom is -0.497 e. The minimum atomic E-state index is -4.03. The Hall–Kier alpha value is -4.07. The van der Waals surface area contributed by atoms with Crippen LogP contribution in [0.15, 0.2) is 77.8 Å². The van der Waals surface area contributed by atoms with Crippen LogP contribution in [0.5, 0.6) is 5.75 Å². The predicted molar refractivity (Wildman–Crippen MR) is 161 cm³/mol. The van der Waals surface area contributed by atoms with Crippen molar-refractivity contribution in [1.29, 1.82) is 0 Å². The van der Waals surface area contributed by atoms with Crippen molar-refractivity contribution in [2.75, 3.05) is 31.6 Å². The van der Waals surface area contributed by atoms with Gasteiger partial charge in [-0.05, 0) is 54.3 Å². The molecule has 1 fully saturated rings. The summed E-state index contributed by atoms with van der Waals surface area (Å²) in [6, 6.07) is 16.6. The molecule has 1 aromatic heterocycles. The molecule has 2 aromatic carbocycles. The van der Waals surface area contributed by atoms with Crippen LogP contribution in [0.4, 0.5) is 15.0 Å². The summed E-state index contributed by atoms with van der Waals surface area (Å²) in [4.78, 5) is 30.9. The largest absolute Gasteiger partial charge is 0.497 e. The van der Waals surface area contributed by atoms with Crippen LogP contribution >= 0.6 is 0 Å². The standard InChI is InChI=1S/C31H37FN4O7S/c1-4-21(2)18-35(44(40,41)25-13-11-24(42-3)12-14-25)19-27(37)26(16-22-8-6-5-7-9-22)34-30(38)28-20-36(31(39)43-28)29-15-10-23(32)17-33-29/h5-15,17,21,26-28,37H,4,16,18-20H2,1-3H3,(H,34,38). The van der Waals surface area contributed by atoms with Crippen LogP contribution < -0.4 is 15.0 Å². The Labute approximate surface area is 256 Å². The maximum atomic E-state index is 13.8. The molecule has 13 heteroatoms. The summed E-state index contributed by atoms with van der Waals surface area (Å²) in [6.45, 7) is 3.54. The molecule has 1 aliphatic heterocycles. The third kappa shape index (κ3) is 8.10. The number of rotatable bonds is 14. The van der Waals surface area contributed by atoms with Gasteiger partial charge in [0, 0.05) is 13.1 Å². The minimum absolute atomic E-state index is 0.0126. The first kappa shape index (κ1) is 32.8. The van der Waals surface area contributed by atoms with Crippen LogP contribution in [0.3, 0.4) is 0 Å². The Morgan fingerprint density at radius 1 is 1.16 bits per heavy atom. The van der Waals surface area contributed by atoms with E-state index in [0.29, 0.717) is 12.2 Å². The van der Waals surface area contributed by atoms with Gasteiger partial charge in [0.2, 0.25) is 10.0 Å². The summed E-state index contributed by atoms with van der Waals surface area (Å²) in [7, 11) is -2.54. The number of hydrogen-bond acceptors (Lipinski definition) is 8. The molecule has 2 amide bonds. The highest BCUT2D eigenvalue weighted by molar-refractivity contribution is 7.89. The average Bonchev–Trinajstić information content (AvgIpc) is 3.42. The van der Waals surface area contributed by atoms with E-state index in [1.807, 2.05) is 44.2 Å². The number of nitrogens with zero attached hydrogens (tertiary/aromatic N) is 3. The number of cyclic esters (lactones) is 1. The highest BCUT2D eigenvalue weighted by Gasteiger charge is 2.39. The van der Waals surface area contributed by atoms with Gasteiger partial charge >= 0.3 is 6.09 Å². The number of carbonyl (C=O) groups is 2. The first-order valence-electron chi connectivity index (χ1n) is 14.3. The SMILES string of the molecule is CCC(C)CN(CC(O)C(Cc1ccccc1)NC(=O)C1CN(c2ccc(F)cn2)C(=O)O1)S(=O)(=O)c1ccc(OC)cc1. The molecule has 0 radical (unpaired) electrons. The molecule has 3 aromatic rings. The van der Waals surface area contributed by atoms with Crippen molar-refractivity contribution in [2.24, 2.45) is 5.92 Å². The number of nitrogens with one attached hydrogen (secondary N) is 1.